The maximum Gasteiger partial charge on any atom is 0.193 e. The van der Waals surface area contributed by atoms with Crippen molar-refractivity contribution >= 4 is 5.78 Å². The van der Waals surface area contributed by atoms with Gasteiger partial charge < -0.3 is 15.3 Å². The zero-order chi connectivity index (χ0) is 12.9. The van der Waals surface area contributed by atoms with Crippen molar-refractivity contribution in [3.63, 3.8) is 0 Å². The van der Waals surface area contributed by atoms with E-state index in [-0.39, 0.29) is 17.3 Å². The number of aliphatic hydroxyl groups excluding tert-OH is 1. The first-order valence-electron chi connectivity index (χ1n) is 5.46. The minimum absolute atomic E-state index is 0.00262. The van der Waals surface area contributed by atoms with Gasteiger partial charge in [-0.05, 0) is 41.5 Å². The van der Waals surface area contributed by atoms with Crippen LogP contribution in [0.1, 0.15) is 33.2 Å². The summed E-state index contributed by atoms with van der Waals surface area (Å²) < 4.78 is 0. The fourth-order valence-electron chi connectivity index (χ4n) is 2.28. The van der Waals surface area contributed by atoms with E-state index < -0.39 is 6.10 Å². The molecule has 2 aromatic rings. The average molecular weight is 242 g/mol. The quantitative estimate of drug-likeness (QED) is 0.657. The Kier molecular flexibility index (Phi) is 2.15. The van der Waals surface area contributed by atoms with Crippen molar-refractivity contribution in [2.24, 2.45) is 0 Å². The molecular weight excluding hydrogens is 232 g/mol. The molecule has 4 heteroatoms. The van der Waals surface area contributed by atoms with Crippen LogP contribution in [0.2, 0.25) is 0 Å². The minimum atomic E-state index is -0.972. The molecule has 0 saturated heterocycles. The summed E-state index contributed by atoms with van der Waals surface area (Å²) in [6.45, 7) is 0. The van der Waals surface area contributed by atoms with Gasteiger partial charge in [0.25, 0.3) is 0 Å². The molecule has 2 aromatic carbocycles. The van der Waals surface area contributed by atoms with E-state index in [4.69, 9.17) is 0 Å². The van der Waals surface area contributed by atoms with Gasteiger partial charge in [0.2, 0.25) is 0 Å². The number of rotatable bonds is 0. The van der Waals surface area contributed by atoms with Crippen LogP contribution in [-0.2, 0) is 0 Å². The molecule has 0 heterocycles. The topological polar surface area (TPSA) is 77.8 Å². The van der Waals surface area contributed by atoms with E-state index in [1.165, 1.54) is 36.4 Å². The molecule has 0 saturated carbocycles. The van der Waals surface area contributed by atoms with E-state index in [1.54, 1.807) is 0 Å². The summed E-state index contributed by atoms with van der Waals surface area (Å²) >= 11 is 0. The number of hydrogen-bond donors (Lipinski definition) is 3. The van der Waals surface area contributed by atoms with Crippen LogP contribution in [0.5, 0.6) is 11.5 Å². The Hall–Kier alpha value is -2.33. The van der Waals surface area contributed by atoms with Crippen LogP contribution in [0.3, 0.4) is 0 Å². The van der Waals surface area contributed by atoms with Gasteiger partial charge in [-0.3, -0.25) is 4.79 Å². The molecule has 3 N–H and O–H groups in total. The molecule has 1 unspecified atom stereocenters. The van der Waals surface area contributed by atoms with Crippen molar-refractivity contribution in [2.45, 2.75) is 6.10 Å². The van der Waals surface area contributed by atoms with Gasteiger partial charge in [-0.2, -0.15) is 0 Å². The zero-order valence-corrected chi connectivity index (χ0v) is 9.29. The number of carbonyl (C=O) groups is 1. The first-order chi connectivity index (χ1) is 8.58. The van der Waals surface area contributed by atoms with Crippen molar-refractivity contribution < 1.29 is 20.1 Å². The number of carbonyl (C=O) groups excluding carboxylic acids is 1. The SMILES string of the molecule is O=C1c2cc(O)ccc2C(O)c2cc(O)ccc21. The number of aromatic hydroxyl groups is 2. The summed E-state index contributed by atoms with van der Waals surface area (Å²) in [5.74, 6) is -0.277. The molecule has 90 valence electrons. The Morgan fingerprint density at radius 1 is 0.833 bits per heavy atom. The number of aliphatic hydroxyl groups is 1. The van der Waals surface area contributed by atoms with Gasteiger partial charge in [0.15, 0.2) is 5.78 Å². The van der Waals surface area contributed by atoms with E-state index in [1.807, 2.05) is 0 Å². The van der Waals surface area contributed by atoms with Gasteiger partial charge in [-0.1, -0.05) is 6.07 Å². The predicted octanol–water partition coefficient (Wildman–Crippen LogP) is 1.72. The first kappa shape index (κ1) is 10.8. The van der Waals surface area contributed by atoms with Crippen LogP contribution in [0.15, 0.2) is 36.4 Å². The van der Waals surface area contributed by atoms with Gasteiger partial charge in [-0.15, -0.1) is 0 Å². The summed E-state index contributed by atoms with van der Waals surface area (Å²) in [7, 11) is 0. The van der Waals surface area contributed by atoms with Gasteiger partial charge in [0.1, 0.15) is 17.6 Å². The second-order valence-electron chi connectivity index (χ2n) is 4.27. The minimum Gasteiger partial charge on any atom is -0.508 e. The lowest BCUT2D eigenvalue weighted by molar-refractivity contribution is 0.101. The maximum atomic E-state index is 12.2. The van der Waals surface area contributed by atoms with E-state index in [2.05, 4.69) is 0 Å². The highest BCUT2D eigenvalue weighted by molar-refractivity contribution is 6.12. The highest BCUT2D eigenvalue weighted by Gasteiger charge is 2.30. The van der Waals surface area contributed by atoms with Crippen molar-refractivity contribution in [2.75, 3.05) is 0 Å². The molecule has 4 nitrogen and oxygen atoms in total. The Labute approximate surface area is 103 Å². The summed E-state index contributed by atoms with van der Waals surface area (Å²) in [5, 5.41) is 29.0. The molecule has 0 radical (unpaired) electrons. The largest absolute Gasteiger partial charge is 0.508 e. The predicted molar refractivity (Wildman–Crippen MR) is 63.7 cm³/mol. The van der Waals surface area contributed by atoms with Crippen LogP contribution in [0.25, 0.3) is 0 Å². The molecular formula is C14H10O4. The van der Waals surface area contributed by atoms with E-state index in [0.29, 0.717) is 22.3 Å². The molecule has 0 spiro atoms. The van der Waals surface area contributed by atoms with E-state index in [0.717, 1.165) is 0 Å². The number of phenols is 2. The van der Waals surface area contributed by atoms with Gasteiger partial charge in [-0.25, -0.2) is 0 Å². The highest BCUT2D eigenvalue weighted by Crippen LogP contribution is 2.37. The molecule has 1 aliphatic rings. The molecule has 1 aliphatic carbocycles. The number of benzene rings is 2. The summed E-state index contributed by atoms with van der Waals surface area (Å²) in [5.41, 5.74) is 1.47. The molecule has 0 aliphatic heterocycles. The Bertz CT molecular complexity index is 661. The second-order valence-corrected chi connectivity index (χ2v) is 4.27. The third-order valence-electron chi connectivity index (χ3n) is 3.15. The first-order valence-corrected chi connectivity index (χ1v) is 5.46. The Morgan fingerprint density at radius 3 is 2.28 bits per heavy atom. The molecule has 0 bridgehead atoms. The number of ketones is 1. The number of fused-ring (bicyclic) bond motifs is 2. The lowest BCUT2D eigenvalue weighted by Gasteiger charge is -2.23. The third-order valence-corrected chi connectivity index (χ3v) is 3.15. The standard InChI is InChI=1S/C14H10O4/c15-7-1-3-9-11(5-7)14(18)10-4-2-8(16)6-12(10)13(9)17/h1-6,13,15-17H. The smallest absolute Gasteiger partial charge is 0.193 e. The van der Waals surface area contributed by atoms with Crippen LogP contribution < -0.4 is 0 Å². The highest BCUT2D eigenvalue weighted by atomic mass is 16.3. The van der Waals surface area contributed by atoms with Crippen molar-refractivity contribution in [3.8, 4) is 11.5 Å². The summed E-state index contributed by atoms with van der Waals surface area (Å²) in [6, 6.07) is 8.54. The van der Waals surface area contributed by atoms with Gasteiger partial charge in [0, 0.05) is 11.1 Å². The monoisotopic (exact) mass is 242 g/mol. The molecule has 18 heavy (non-hydrogen) atoms. The molecule has 0 aromatic heterocycles. The fraction of sp³-hybridized carbons (Fsp3) is 0.0714. The normalized spacial score (nSPS) is 17.2. The van der Waals surface area contributed by atoms with Gasteiger partial charge in [0.05, 0.1) is 0 Å². The molecule has 0 fully saturated rings. The van der Waals surface area contributed by atoms with E-state index in [9.17, 15) is 20.1 Å². The fourth-order valence-corrected chi connectivity index (χ4v) is 2.28. The van der Waals surface area contributed by atoms with E-state index >= 15 is 0 Å². The van der Waals surface area contributed by atoms with Crippen LogP contribution >= 0.6 is 0 Å². The molecule has 1 atom stereocenters. The summed E-state index contributed by atoms with van der Waals surface area (Å²) in [4.78, 5) is 12.2. The lowest BCUT2D eigenvalue weighted by atomic mass is 9.83. The summed E-state index contributed by atoms with van der Waals surface area (Å²) in [6.07, 6.45) is -0.972. The number of hydrogen-bond acceptors (Lipinski definition) is 4. The van der Waals surface area contributed by atoms with Crippen molar-refractivity contribution in [1.29, 1.82) is 0 Å². The maximum absolute atomic E-state index is 12.2. The molecule has 0 amide bonds. The lowest BCUT2D eigenvalue weighted by Crippen LogP contribution is -2.19. The van der Waals surface area contributed by atoms with Crippen molar-refractivity contribution in [3.05, 3.63) is 58.7 Å². The zero-order valence-electron chi connectivity index (χ0n) is 9.29. The third kappa shape index (κ3) is 1.39. The number of phenolic OH excluding ortho intramolecular Hbond substituents is 2. The van der Waals surface area contributed by atoms with Crippen molar-refractivity contribution in [1.82, 2.24) is 0 Å². The molecule has 3 rings (SSSR count). The average Bonchev–Trinajstić information content (AvgIpc) is 2.36. The van der Waals surface area contributed by atoms with Crippen LogP contribution in [0, 0.1) is 0 Å². The Balaban J connectivity index is 2.28. The van der Waals surface area contributed by atoms with Crippen LogP contribution in [-0.4, -0.2) is 21.1 Å². The van der Waals surface area contributed by atoms with Crippen LogP contribution in [0.4, 0.5) is 0 Å². The second kappa shape index (κ2) is 3.58. The Morgan fingerprint density at radius 2 is 1.50 bits per heavy atom. The van der Waals surface area contributed by atoms with Gasteiger partial charge >= 0.3 is 0 Å².